The van der Waals surface area contributed by atoms with E-state index in [1.54, 1.807) is 0 Å². The number of furan rings is 1. The lowest BCUT2D eigenvalue weighted by molar-refractivity contribution is 0.105. The van der Waals surface area contributed by atoms with E-state index in [4.69, 9.17) is 25.5 Å². The van der Waals surface area contributed by atoms with Crippen LogP contribution in [0.1, 0.15) is 10.6 Å². The molecule has 0 aromatic carbocycles. The van der Waals surface area contributed by atoms with Crippen LogP contribution in [-0.4, -0.2) is 19.5 Å². The normalized spacial score (nSPS) is 9.58. The van der Waals surface area contributed by atoms with E-state index in [1.165, 1.54) is 20.5 Å². The monoisotopic (exact) mass is 190 g/mol. The topological polar surface area (TPSA) is 48.7 Å². The minimum Gasteiger partial charge on any atom is -0.490 e. The Bertz CT molecular complexity index is 292. The Kier molecular flexibility index (Phi) is 2.60. The lowest BCUT2D eigenvalue weighted by atomic mass is 10.4. The summed E-state index contributed by atoms with van der Waals surface area (Å²) in [7, 11) is 2.84. The molecule has 0 aliphatic heterocycles. The van der Waals surface area contributed by atoms with E-state index < -0.39 is 5.24 Å². The number of carbonyl (C=O) groups is 1. The van der Waals surface area contributed by atoms with E-state index in [0.717, 1.165) is 0 Å². The van der Waals surface area contributed by atoms with Gasteiger partial charge < -0.3 is 13.9 Å². The number of hydrogen-bond donors (Lipinski definition) is 0. The van der Waals surface area contributed by atoms with Gasteiger partial charge >= 0.3 is 0 Å². The van der Waals surface area contributed by atoms with Crippen LogP contribution in [0.5, 0.6) is 11.5 Å². The van der Waals surface area contributed by atoms with Crippen LogP contribution in [0.15, 0.2) is 10.7 Å². The zero-order valence-corrected chi connectivity index (χ0v) is 7.34. The second-order valence-electron chi connectivity index (χ2n) is 1.94. The second-order valence-corrected chi connectivity index (χ2v) is 2.28. The Morgan fingerprint density at radius 3 is 2.58 bits per heavy atom. The molecule has 0 saturated heterocycles. The SMILES string of the molecule is COc1coc(C(=O)Cl)c1OC. The first-order valence-corrected chi connectivity index (χ1v) is 3.47. The van der Waals surface area contributed by atoms with Crippen molar-refractivity contribution in [2.45, 2.75) is 0 Å². The van der Waals surface area contributed by atoms with Crippen LogP contribution in [0, 0.1) is 0 Å². The van der Waals surface area contributed by atoms with Gasteiger partial charge in [-0.3, -0.25) is 4.79 Å². The van der Waals surface area contributed by atoms with Crippen LogP contribution < -0.4 is 9.47 Å². The van der Waals surface area contributed by atoms with Crippen LogP contribution in [0.4, 0.5) is 0 Å². The number of rotatable bonds is 3. The Balaban J connectivity index is 3.13. The quantitative estimate of drug-likeness (QED) is 0.681. The predicted octanol–water partition coefficient (Wildman–Crippen LogP) is 1.68. The number of carbonyl (C=O) groups excluding carboxylic acids is 1. The summed E-state index contributed by atoms with van der Waals surface area (Å²) in [5.41, 5.74) is 0. The first-order valence-electron chi connectivity index (χ1n) is 3.10. The largest absolute Gasteiger partial charge is 0.490 e. The molecular formula is C7H7ClO4. The molecule has 0 atom stereocenters. The highest BCUT2D eigenvalue weighted by Gasteiger charge is 2.19. The maximum Gasteiger partial charge on any atom is 0.291 e. The fourth-order valence-electron chi connectivity index (χ4n) is 0.801. The fourth-order valence-corrected chi connectivity index (χ4v) is 0.931. The predicted molar refractivity (Wildman–Crippen MR) is 42.0 cm³/mol. The minimum absolute atomic E-state index is 0.0454. The first-order chi connectivity index (χ1) is 5.70. The molecule has 0 radical (unpaired) electrons. The van der Waals surface area contributed by atoms with Crippen molar-refractivity contribution in [1.82, 2.24) is 0 Å². The standard InChI is InChI=1S/C7H7ClO4/c1-10-4-3-12-6(7(8)9)5(4)11-2/h3H,1-2H3. The molecule has 1 heterocycles. The Morgan fingerprint density at radius 1 is 1.50 bits per heavy atom. The second kappa shape index (κ2) is 3.49. The average Bonchev–Trinajstić information content (AvgIpc) is 2.46. The summed E-state index contributed by atoms with van der Waals surface area (Å²) in [5, 5.41) is -0.713. The van der Waals surface area contributed by atoms with Crippen molar-refractivity contribution in [3.05, 3.63) is 12.0 Å². The first kappa shape index (κ1) is 8.93. The summed E-state index contributed by atoms with van der Waals surface area (Å²) < 4.78 is 14.5. The van der Waals surface area contributed by atoms with Gasteiger partial charge in [0.1, 0.15) is 6.26 Å². The average molecular weight is 191 g/mol. The lowest BCUT2D eigenvalue weighted by Gasteiger charge is -1.99. The van der Waals surface area contributed by atoms with Crippen LogP contribution in [0.25, 0.3) is 0 Å². The van der Waals surface area contributed by atoms with Gasteiger partial charge in [0.15, 0.2) is 5.75 Å². The number of halogens is 1. The number of methoxy groups -OCH3 is 2. The van der Waals surface area contributed by atoms with Crippen molar-refractivity contribution in [2.75, 3.05) is 14.2 Å². The van der Waals surface area contributed by atoms with E-state index in [1.807, 2.05) is 0 Å². The smallest absolute Gasteiger partial charge is 0.291 e. The Labute approximate surface area is 74.0 Å². The van der Waals surface area contributed by atoms with Gasteiger partial charge in [0, 0.05) is 0 Å². The summed E-state index contributed by atoms with van der Waals surface area (Å²) in [6.45, 7) is 0. The van der Waals surface area contributed by atoms with Gasteiger partial charge in [0.05, 0.1) is 14.2 Å². The maximum absolute atomic E-state index is 10.7. The van der Waals surface area contributed by atoms with Gasteiger partial charge in [-0.15, -0.1) is 0 Å². The molecule has 0 aliphatic carbocycles. The van der Waals surface area contributed by atoms with Crippen LogP contribution in [0.3, 0.4) is 0 Å². The molecule has 0 unspecified atom stereocenters. The summed E-state index contributed by atoms with van der Waals surface area (Å²) >= 11 is 5.19. The zero-order chi connectivity index (χ0) is 9.14. The molecule has 0 amide bonds. The third kappa shape index (κ3) is 1.38. The van der Waals surface area contributed by atoms with E-state index >= 15 is 0 Å². The number of hydrogen-bond acceptors (Lipinski definition) is 4. The zero-order valence-electron chi connectivity index (χ0n) is 6.59. The molecule has 5 heteroatoms. The van der Waals surface area contributed by atoms with Gasteiger partial charge in [-0.05, 0) is 11.6 Å². The summed E-state index contributed by atoms with van der Waals surface area (Å²) in [6, 6.07) is 0. The molecular weight excluding hydrogens is 184 g/mol. The molecule has 0 fully saturated rings. The lowest BCUT2D eigenvalue weighted by Crippen LogP contribution is -1.92. The van der Waals surface area contributed by atoms with Gasteiger partial charge in [0.2, 0.25) is 11.5 Å². The molecule has 1 aromatic rings. The van der Waals surface area contributed by atoms with Gasteiger partial charge in [-0.1, -0.05) is 0 Å². The van der Waals surface area contributed by atoms with E-state index in [9.17, 15) is 4.79 Å². The molecule has 0 bridgehead atoms. The van der Waals surface area contributed by atoms with Crippen molar-refractivity contribution in [3.63, 3.8) is 0 Å². The Morgan fingerprint density at radius 2 is 2.17 bits per heavy atom. The van der Waals surface area contributed by atoms with Crippen molar-refractivity contribution in [1.29, 1.82) is 0 Å². The third-order valence-electron chi connectivity index (χ3n) is 1.32. The molecule has 66 valence electrons. The molecule has 0 saturated carbocycles. The number of ether oxygens (including phenoxy) is 2. The van der Waals surface area contributed by atoms with Crippen molar-refractivity contribution < 1.29 is 18.7 Å². The molecule has 12 heavy (non-hydrogen) atoms. The molecule has 0 aliphatic rings. The minimum atomic E-state index is -0.713. The van der Waals surface area contributed by atoms with Crippen molar-refractivity contribution >= 4 is 16.8 Å². The highest BCUT2D eigenvalue weighted by molar-refractivity contribution is 6.67. The van der Waals surface area contributed by atoms with Crippen LogP contribution in [-0.2, 0) is 0 Å². The van der Waals surface area contributed by atoms with Gasteiger partial charge in [-0.25, -0.2) is 0 Å². The fraction of sp³-hybridized carbons (Fsp3) is 0.286. The van der Waals surface area contributed by atoms with Crippen LogP contribution >= 0.6 is 11.6 Å². The van der Waals surface area contributed by atoms with Crippen LogP contribution in [0.2, 0.25) is 0 Å². The highest BCUT2D eigenvalue weighted by atomic mass is 35.5. The van der Waals surface area contributed by atoms with Gasteiger partial charge in [-0.2, -0.15) is 0 Å². The van der Waals surface area contributed by atoms with Gasteiger partial charge in [0.25, 0.3) is 5.24 Å². The third-order valence-corrected chi connectivity index (χ3v) is 1.49. The molecule has 4 nitrogen and oxygen atoms in total. The van der Waals surface area contributed by atoms with Crippen molar-refractivity contribution in [3.8, 4) is 11.5 Å². The van der Waals surface area contributed by atoms with E-state index in [0.29, 0.717) is 5.75 Å². The summed E-state index contributed by atoms with van der Waals surface area (Å²) in [4.78, 5) is 10.7. The summed E-state index contributed by atoms with van der Waals surface area (Å²) in [6.07, 6.45) is 1.26. The molecule has 0 N–H and O–H groups in total. The molecule has 0 spiro atoms. The van der Waals surface area contributed by atoms with E-state index in [-0.39, 0.29) is 11.5 Å². The molecule has 1 aromatic heterocycles. The van der Waals surface area contributed by atoms with Crippen molar-refractivity contribution in [2.24, 2.45) is 0 Å². The highest BCUT2D eigenvalue weighted by Crippen LogP contribution is 2.33. The molecule has 1 rings (SSSR count). The Hall–Kier alpha value is -1.16. The maximum atomic E-state index is 10.7. The van der Waals surface area contributed by atoms with E-state index in [2.05, 4.69) is 0 Å². The summed E-state index contributed by atoms with van der Waals surface area (Å²) in [5.74, 6) is 0.523.